The minimum absolute atomic E-state index is 0.224. The normalized spacial score (nSPS) is 29.5. The zero-order valence-electron chi connectivity index (χ0n) is 12.9. The van der Waals surface area contributed by atoms with Crippen molar-refractivity contribution >= 4 is 23.5 Å². The number of piperidine rings is 1. The van der Waals surface area contributed by atoms with Gasteiger partial charge < -0.3 is 9.80 Å². The molecule has 8 heteroatoms. The lowest BCUT2D eigenvalue weighted by Crippen LogP contribution is -2.39. The van der Waals surface area contributed by atoms with E-state index in [4.69, 9.17) is 0 Å². The molecule has 0 N–H and O–H groups in total. The molecule has 1 saturated carbocycles. The van der Waals surface area contributed by atoms with Gasteiger partial charge in [0.2, 0.25) is 5.95 Å². The second kappa shape index (κ2) is 5.43. The van der Waals surface area contributed by atoms with Gasteiger partial charge in [-0.05, 0) is 36.2 Å². The predicted molar refractivity (Wildman–Crippen MR) is 84.9 cm³/mol. The first kappa shape index (κ1) is 15.4. The molecule has 2 unspecified atom stereocenters. The van der Waals surface area contributed by atoms with E-state index in [-0.39, 0.29) is 5.95 Å². The monoisotopic (exact) mass is 344 g/mol. The van der Waals surface area contributed by atoms with Gasteiger partial charge in [-0.15, -0.1) is 0 Å². The summed E-state index contributed by atoms with van der Waals surface area (Å²) in [6.45, 7) is 3.12. The Morgan fingerprint density at radius 1 is 1.17 bits per heavy atom. The molecule has 3 fully saturated rings. The smallest absolute Gasteiger partial charge is 0.356 e. The standard InChI is InChI=1S/C15H19F3N4S/c1-23-8-11-9-6-22(7-10(9)11)13-5-12(15(16,17)18)19-14(20-13)21-3-2-4-21/h5,9-11H,2-4,6-8H2,1H3. The van der Waals surface area contributed by atoms with Crippen molar-refractivity contribution in [3.05, 3.63) is 11.8 Å². The van der Waals surface area contributed by atoms with Gasteiger partial charge in [0.1, 0.15) is 5.82 Å². The zero-order chi connectivity index (χ0) is 16.2. The third-order valence-corrected chi connectivity index (χ3v) is 5.90. The van der Waals surface area contributed by atoms with Crippen LogP contribution in [0, 0.1) is 17.8 Å². The van der Waals surface area contributed by atoms with Gasteiger partial charge in [-0.1, -0.05) is 0 Å². The number of thioether (sulfide) groups is 1. The highest BCUT2D eigenvalue weighted by Crippen LogP contribution is 2.53. The highest BCUT2D eigenvalue weighted by molar-refractivity contribution is 7.98. The summed E-state index contributed by atoms with van der Waals surface area (Å²) in [4.78, 5) is 12.0. The van der Waals surface area contributed by atoms with Gasteiger partial charge in [0.25, 0.3) is 0 Å². The van der Waals surface area contributed by atoms with E-state index in [9.17, 15) is 13.2 Å². The van der Waals surface area contributed by atoms with Crippen molar-refractivity contribution in [1.29, 1.82) is 0 Å². The topological polar surface area (TPSA) is 32.3 Å². The second-order valence-corrected chi connectivity index (χ2v) is 7.51. The molecule has 0 aromatic carbocycles. The minimum atomic E-state index is -4.43. The highest BCUT2D eigenvalue weighted by Gasteiger charge is 2.55. The maximum atomic E-state index is 13.1. The molecular weight excluding hydrogens is 325 g/mol. The third kappa shape index (κ3) is 2.75. The lowest BCUT2D eigenvalue weighted by atomic mass is 10.2. The Morgan fingerprint density at radius 2 is 1.87 bits per heavy atom. The molecule has 3 aliphatic rings. The minimum Gasteiger partial charge on any atom is -0.356 e. The first-order chi connectivity index (χ1) is 11.0. The van der Waals surface area contributed by atoms with Crippen molar-refractivity contribution in [1.82, 2.24) is 9.97 Å². The highest BCUT2D eigenvalue weighted by atomic mass is 32.2. The number of hydrogen-bond donors (Lipinski definition) is 0. The van der Waals surface area contributed by atoms with Crippen molar-refractivity contribution in [2.45, 2.75) is 12.6 Å². The molecule has 4 rings (SSSR count). The quantitative estimate of drug-likeness (QED) is 0.839. The van der Waals surface area contributed by atoms with Gasteiger partial charge in [-0.25, -0.2) is 4.98 Å². The maximum absolute atomic E-state index is 13.1. The molecule has 1 aromatic heterocycles. The van der Waals surface area contributed by atoms with Gasteiger partial charge in [0.15, 0.2) is 5.69 Å². The molecule has 23 heavy (non-hydrogen) atoms. The average molecular weight is 344 g/mol. The summed E-state index contributed by atoms with van der Waals surface area (Å²) in [5.41, 5.74) is -0.828. The molecule has 1 aliphatic carbocycles. The van der Waals surface area contributed by atoms with E-state index in [2.05, 4.69) is 16.2 Å². The van der Waals surface area contributed by atoms with Crippen LogP contribution in [0.2, 0.25) is 0 Å². The van der Waals surface area contributed by atoms with Crippen LogP contribution >= 0.6 is 11.8 Å². The van der Waals surface area contributed by atoms with Crippen LogP contribution < -0.4 is 9.80 Å². The van der Waals surface area contributed by atoms with Crippen molar-refractivity contribution in [2.75, 3.05) is 48.0 Å². The molecule has 3 heterocycles. The lowest BCUT2D eigenvalue weighted by Gasteiger charge is -2.32. The Balaban J connectivity index is 1.56. The average Bonchev–Trinajstić information content (AvgIpc) is 2.90. The fraction of sp³-hybridized carbons (Fsp3) is 0.733. The second-order valence-electron chi connectivity index (χ2n) is 6.60. The number of hydrogen-bond acceptors (Lipinski definition) is 5. The van der Waals surface area contributed by atoms with E-state index in [1.807, 2.05) is 21.6 Å². The lowest BCUT2D eigenvalue weighted by molar-refractivity contribution is -0.141. The number of anilines is 2. The fourth-order valence-electron chi connectivity index (χ4n) is 3.66. The van der Waals surface area contributed by atoms with E-state index in [0.29, 0.717) is 17.7 Å². The molecular formula is C15H19F3N4S. The van der Waals surface area contributed by atoms with Crippen molar-refractivity contribution in [3.8, 4) is 0 Å². The molecule has 126 valence electrons. The van der Waals surface area contributed by atoms with Crippen LogP contribution in [0.5, 0.6) is 0 Å². The number of aromatic nitrogens is 2. The maximum Gasteiger partial charge on any atom is 0.433 e. The first-order valence-corrected chi connectivity index (χ1v) is 9.32. The number of alkyl halides is 3. The SMILES string of the molecule is CSCC1C2CN(c3cc(C(F)(F)F)nc(N4CCC4)n3)CC12. The van der Waals surface area contributed by atoms with E-state index in [1.165, 1.54) is 0 Å². The third-order valence-electron chi connectivity index (χ3n) is 5.18. The summed E-state index contributed by atoms with van der Waals surface area (Å²) in [5, 5.41) is 0. The van der Waals surface area contributed by atoms with Gasteiger partial charge in [-0.2, -0.15) is 29.9 Å². The van der Waals surface area contributed by atoms with Crippen LogP contribution in [0.4, 0.5) is 24.9 Å². The van der Waals surface area contributed by atoms with Crippen LogP contribution in [-0.4, -0.2) is 48.2 Å². The predicted octanol–water partition coefficient (Wildman–Crippen LogP) is 2.75. The van der Waals surface area contributed by atoms with Crippen LogP contribution in [0.25, 0.3) is 0 Å². The molecule has 4 nitrogen and oxygen atoms in total. The van der Waals surface area contributed by atoms with Crippen LogP contribution in [-0.2, 0) is 6.18 Å². The summed E-state index contributed by atoms with van der Waals surface area (Å²) >= 11 is 1.85. The van der Waals surface area contributed by atoms with Crippen molar-refractivity contribution in [3.63, 3.8) is 0 Å². The Hall–Kier alpha value is -1.18. The number of rotatable bonds is 4. The first-order valence-electron chi connectivity index (χ1n) is 7.92. The van der Waals surface area contributed by atoms with Crippen LogP contribution in [0.1, 0.15) is 12.1 Å². The molecule has 0 bridgehead atoms. The van der Waals surface area contributed by atoms with E-state index >= 15 is 0 Å². The number of fused-ring (bicyclic) bond motifs is 1. The zero-order valence-corrected chi connectivity index (χ0v) is 13.7. The molecule has 2 saturated heterocycles. The largest absolute Gasteiger partial charge is 0.433 e. The Morgan fingerprint density at radius 3 is 2.39 bits per heavy atom. The summed E-state index contributed by atoms with van der Waals surface area (Å²) in [6, 6.07) is 1.11. The molecule has 0 amide bonds. The van der Waals surface area contributed by atoms with Crippen molar-refractivity contribution < 1.29 is 13.2 Å². The number of halogens is 3. The summed E-state index contributed by atoms with van der Waals surface area (Å²) < 4.78 is 39.4. The fourth-order valence-corrected chi connectivity index (χ4v) is 4.54. The molecule has 0 spiro atoms. The van der Waals surface area contributed by atoms with Crippen molar-refractivity contribution in [2.24, 2.45) is 17.8 Å². The molecule has 2 atom stereocenters. The summed E-state index contributed by atoms with van der Waals surface area (Å²) in [6.07, 6.45) is -1.34. The Bertz CT molecular complexity index is 593. The van der Waals surface area contributed by atoms with E-state index in [0.717, 1.165) is 50.3 Å². The number of nitrogens with zero attached hydrogens (tertiary/aromatic N) is 4. The Labute approximate surface area is 137 Å². The van der Waals surface area contributed by atoms with Crippen LogP contribution in [0.3, 0.4) is 0 Å². The molecule has 2 aliphatic heterocycles. The summed E-state index contributed by atoms with van der Waals surface area (Å²) in [5.74, 6) is 3.80. The molecule has 1 aromatic rings. The molecule has 0 radical (unpaired) electrons. The van der Waals surface area contributed by atoms with Crippen LogP contribution in [0.15, 0.2) is 6.07 Å². The van der Waals surface area contributed by atoms with Gasteiger partial charge >= 0.3 is 6.18 Å². The van der Waals surface area contributed by atoms with Gasteiger partial charge in [-0.3, -0.25) is 0 Å². The van der Waals surface area contributed by atoms with E-state index < -0.39 is 11.9 Å². The Kier molecular flexibility index (Phi) is 3.62. The van der Waals surface area contributed by atoms with Gasteiger partial charge in [0, 0.05) is 32.2 Å². The van der Waals surface area contributed by atoms with Gasteiger partial charge in [0.05, 0.1) is 0 Å². The van der Waals surface area contributed by atoms with E-state index in [1.54, 1.807) is 0 Å². The summed E-state index contributed by atoms with van der Waals surface area (Å²) in [7, 11) is 0.